The van der Waals surface area contributed by atoms with E-state index >= 15 is 0 Å². The maximum atomic E-state index is 5.91. The molecule has 1 aliphatic carbocycles. The predicted octanol–water partition coefficient (Wildman–Crippen LogP) is 2.70. The zero-order valence-electron chi connectivity index (χ0n) is 9.45. The molecular weight excluding hydrogens is 188 g/mol. The van der Waals surface area contributed by atoms with Gasteiger partial charge in [-0.05, 0) is 30.8 Å². The Bertz CT molecular complexity index is 255. The van der Waals surface area contributed by atoms with Gasteiger partial charge in [-0.3, -0.25) is 0 Å². The van der Waals surface area contributed by atoms with Crippen LogP contribution in [0, 0.1) is 5.92 Å². The zero-order chi connectivity index (χ0) is 10.5. The minimum Gasteiger partial charge on any atom is -0.379 e. The molecule has 0 saturated carbocycles. The van der Waals surface area contributed by atoms with E-state index < -0.39 is 0 Å². The molecule has 2 rings (SSSR count). The van der Waals surface area contributed by atoms with Gasteiger partial charge in [-0.25, -0.2) is 0 Å². The normalized spacial score (nSPS) is 31.4. The van der Waals surface area contributed by atoms with Crippen LogP contribution in [0.4, 0.5) is 0 Å². The van der Waals surface area contributed by atoms with E-state index in [4.69, 9.17) is 9.47 Å². The zero-order valence-corrected chi connectivity index (χ0v) is 9.45. The quantitative estimate of drug-likeness (QED) is 0.710. The Morgan fingerprint density at radius 1 is 1.53 bits per heavy atom. The third-order valence-corrected chi connectivity index (χ3v) is 3.22. The summed E-state index contributed by atoms with van der Waals surface area (Å²) in [5.74, 6) is 0.637. The summed E-state index contributed by atoms with van der Waals surface area (Å²) in [5, 5.41) is 0. The highest BCUT2D eigenvalue weighted by atomic mass is 16.5. The number of hydrogen-bond donors (Lipinski definition) is 0. The van der Waals surface area contributed by atoms with Gasteiger partial charge in [0.05, 0.1) is 19.3 Å². The number of hydrogen-bond acceptors (Lipinski definition) is 2. The van der Waals surface area contributed by atoms with Crippen LogP contribution < -0.4 is 0 Å². The molecule has 2 heteroatoms. The fraction of sp³-hybridized carbons (Fsp3) is 0.692. The van der Waals surface area contributed by atoms with Crippen molar-refractivity contribution >= 4 is 0 Å². The molecule has 2 aliphatic rings. The van der Waals surface area contributed by atoms with E-state index in [1.807, 2.05) is 0 Å². The Kier molecular flexibility index (Phi) is 3.98. The van der Waals surface area contributed by atoms with Crippen molar-refractivity contribution in [3.8, 4) is 0 Å². The highest BCUT2D eigenvalue weighted by molar-refractivity contribution is 5.17. The lowest BCUT2D eigenvalue weighted by Crippen LogP contribution is -2.33. The molecular formula is C13H20O2. The standard InChI is InChI=1S/C13H20O2/c1-11-7-8-14-10-13(11)15-9-12-5-3-2-4-6-12/h2-3,5,11,13H,4,6-10H2,1H3. The van der Waals surface area contributed by atoms with Crippen molar-refractivity contribution in [1.82, 2.24) is 0 Å². The summed E-state index contributed by atoms with van der Waals surface area (Å²) in [6.07, 6.45) is 10.2. The van der Waals surface area contributed by atoms with Gasteiger partial charge in [-0.15, -0.1) is 0 Å². The first kappa shape index (κ1) is 10.9. The van der Waals surface area contributed by atoms with Crippen LogP contribution in [0.2, 0.25) is 0 Å². The fourth-order valence-electron chi connectivity index (χ4n) is 2.02. The first-order valence-corrected chi connectivity index (χ1v) is 5.90. The Hall–Kier alpha value is -0.600. The van der Waals surface area contributed by atoms with Gasteiger partial charge in [0.25, 0.3) is 0 Å². The average Bonchev–Trinajstić information content (AvgIpc) is 2.29. The number of ether oxygens (including phenoxy) is 2. The molecule has 1 heterocycles. The largest absolute Gasteiger partial charge is 0.379 e. The molecule has 0 aromatic rings. The van der Waals surface area contributed by atoms with Gasteiger partial charge in [0.1, 0.15) is 0 Å². The van der Waals surface area contributed by atoms with Crippen molar-refractivity contribution in [1.29, 1.82) is 0 Å². The predicted molar refractivity (Wildman–Crippen MR) is 60.8 cm³/mol. The molecule has 0 aromatic heterocycles. The van der Waals surface area contributed by atoms with Gasteiger partial charge in [0, 0.05) is 6.61 Å². The molecule has 1 fully saturated rings. The molecule has 0 bridgehead atoms. The molecule has 2 nitrogen and oxygen atoms in total. The second kappa shape index (κ2) is 5.47. The second-order valence-electron chi connectivity index (χ2n) is 4.48. The molecule has 0 aromatic carbocycles. The lowest BCUT2D eigenvalue weighted by atomic mass is 9.99. The third-order valence-electron chi connectivity index (χ3n) is 3.22. The summed E-state index contributed by atoms with van der Waals surface area (Å²) in [4.78, 5) is 0. The maximum absolute atomic E-state index is 5.91. The molecule has 0 N–H and O–H groups in total. The van der Waals surface area contributed by atoms with E-state index in [1.165, 1.54) is 5.57 Å². The second-order valence-corrected chi connectivity index (χ2v) is 4.48. The van der Waals surface area contributed by atoms with Crippen LogP contribution >= 0.6 is 0 Å². The molecule has 0 radical (unpaired) electrons. The molecule has 0 amide bonds. The van der Waals surface area contributed by atoms with E-state index in [-0.39, 0.29) is 0 Å². The number of rotatable bonds is 3. The lowest BCUT2D eigenvalue weighted by Gasteiger charge is -2.29. The van der Waals surface area contributed by atoms with Crippen molar-refractivity contribution in [3.63, 3.8) is 0 Å². The Morgan fingerprint density at radius 3 is 3.20 bits per heavy atom. The van der Waals surface area contributed by atoms with Crippen LogP contribution in [0.15, 0.2) is 23.8 Å². The van der Waals surface area contributed by atoms with Gasteiger partial charge in [-0.2, -0.15) is 0 Å². The monoisotopic (exact) mass is 208 g/mol. The van der Waals surface area contributed by atoms with Crippen LogP contribution in [0.25, 0.3) is 0 Å². The number of allylic oxidation sites excluding steroid dienone is 3. The van der Waals surface area contributed by atoms with Crippen LogP contribution in [0.3, 0.4) is 0 Å². The minimum atomic E-state index is 0.297. The molecule has 0 spiro atoms. The Morgan fingerprint density at radius 2 is 2.47 bits per heavy atom. The molecule has 2 atom stereocenters. The third kappa shape index (κ3) is 3.18. The van der Waals surface area contributed by atoms with Crippen LogP contribution in [-0.4, -0.2) is 25.9 Å². The lowest BCUT2D eigenvalue weighted by molar-refractivity contribution is -0.0729. The molecule has 2 unspecified atom stereocenters. The average molecular weight is 208 g/mol. The van der Waals surface area contributed by atoms with Gasteiger partial charge in [-0.1, -0.05) is 25.2 Å². The molecule has 1 saturated heterocycles. The van der Waals surface area contributed by atoms with E-state index in [0.717, 1.165) is 39.1 Å². The highest BCUT2D eigenvalue weighted by Crippen LogP contribution is 2.20. The van der Waals surface area contributed by atoms with Gasteiger partial charge in [0.2, 0.25) is 0 Å². The molecule has 15 heavy (non-hydrogen) atoms. The first-order chi connectivity index (χ1) is 7.36. The van der Waals surface area contributed by atoms with Gasteiger partial charge < -0.3 is 9.47 Å². The van der Waals surface area contributed by atoms with Crippen LogP contribution in [-0.2, 0) is 9.47 Å². The summed E-state index contributed by atoms with van der Waals surface area (Å²) >= 11 is 0. The fourth-order valence-corrected chi connectivity index (χ4v) is 2.02. The van der Waals surface area contributed by atoms with E-state index in [9.17, 15) is 0 Å². The van der Waals surface area contributed by atoms with Crippen molar-refractivity contribution in [2.45, 2.75) is 32.3 Å². The van der Waals surface area contributed by atoms with E-state index in [2.05, 4.69) is 25.2 Å². The molecule has 84 valence electrons. The van der Waals surface area contributed by atoms with Crippen molar-refractivity contribution in [2.75, 3.05) is 19.8 Å². The Balaban J connectivity index is 1.76. The first-order valence-electron chi connectivity index (χ1n) is 5.90. The van der Waals surface area contributed by atoms with Crippen molar-refractivity contribution in [3.05, 3.63) is 23.8 Å². The SMILES string of the molecule is CC1CCOCC1OCC1=CC=CCC1. The summed E-state index contributed by atoms with van der Waals surface area (Å²) in [6, 6.07) is 0. The van der Waals surface area contributed by atoms with Crippen molar-refractivity contribution in [2.24, 2.45) is 5.92 Å². The maximum Gasteiger partial charge on any atom is 0.0839 e. The van der Waals surface area contributed by atoms with E-state index in [0.29, 0.717) is 12.0 Å². The van der Waals surface area contributed by atoms with Crippen LogP contribution in [0.1, 0.15) is 26.2 Å². The van der Waals surface area contributed by atoms with Gasteiger partial charge >= 0.3 is 0 Å². The highest BCUT2D eigenvalue weighted by Gasteiger charge is 2.22. The van der Waals surface area contributed by atoms with Crippen LogP contribution in [0.5, 0.6) is 0 Å². The summed E-state index contributed by atoms with van der Waals surface area (Å²) in [5.41, 5.74) is 1.41. The topological polar surface area (TPSA) is 18.5 Å². The summed E-state index contributed by atoms with van der Waals surface area (Å²) in [6.45, 7) is 4.70. The minimum absolute atomic E-state index is 0.297. The van der Waals surface area contributed by atoms with Crippen molar-refractivity contribution < 1.29 is 9.47 Å². The molecule has 1 aliphatic heterocycles. The summed E-state index contributed by atoms with van der Waals surface area (Å²) < 4.78 is 11.3. The Labute approximate surface area is 92.0 Å². The summed E-state index contributed by atoms with van der Waals surface area (Å²) in [7, 11) is 0. The van der Waals surface area contributed by atoms with E-state index in [1.54, 1.807) is 0 Å². The van der Waals surface area contributed by atoms with Gasteiger partial charge in [0.15, 0.2) is 0 Å². The smallest absolute Gasteiger partial charge is 0.0839 e.